The van der Waals surface area contributed by atoms with Gasteiger partial charge in [0.15, 0.2) is 11.0 Å². The van der Waals surface area contributed by atoms with Crippen LogP contribution in [0.5, 0.6) is 0 Å². The molecule has 8 heteroatoms. The van der Waals surface area contributed by atoms with Crippen molar-refractivity contribution in [2.24, 2.45) is 0 Å². The lowest BCUT2D eigenvalue weighted by Crippen LogP contribution is -2.37. The summed E-state index contributed by atoms with van der Waals surface area (Å²) in [6.45, 7) is 8.42. The van der Waals surface area contributed by atoms with Gasteiger partial charge in [0.05, 0.1) is 11.7 Å². The summed E-state index contributed by atoms with van der Waals surface area (Å²) in [6, 6.07) is 13.6. The molecule has 3 rings (SSSR count). The zero-order valence-corrected chi connectivity index (χ0v) is 19.1. The van der Waals surface area contributed by atoms with E-state index in [1.165, 1.54) is 11.1 Å². The lowest BCUT2D eigenvalue weighted by molar-refractivity contribution is 0.238. The van der Waals surface area contributed by atoms with Crippen molar-refractivity contribution in [3.05, 3.63) is 70.0 Å². The lowest BCUT2D eigenvalue weighted by atomic mass is 10.2. The van der Waals surface area contributed by atoms with Crippen LogP contribution in [0.3, 0.4) is 0 Å². The van der Waals surface area contributed by atoms with Gasteiger partial charge in [-0.05, 0) is 51.0 Å². The SMILES string of the molecule is CCNC(=O)NC(C)c1nnc(SCc2cccc(C)c2)n1-c1cc(Cl)ccc1C. The van der Waals surface area contributed by atoms with E-state index in [4.69, 9.17) is 11.6 Å². The molecule has 2 amide bonds. The fraction of sp³-hybridized carbons (Fsp3) is 0.318. The van der Waals surface area contributed by atoms with Crippen LogP contribution in [0.4, 0.5) is 4.79 Å². The van der Waals surface area contributed by atoms with Crippen LogP contribution in [0.1, 0.15) is 42.4 Å². The number of nitrogens with zero attached hydrogens (tertiary/aromatic N) is 3. The largest absolute Gasteiger partial charge is 0.338 e. The number of hydrogen-bond acceptors (Lipinski definition) is 4. The fourth-order valence-electron chi connectivity index (χ4n) is 3.13. The van der Waals surface area contributed by atoms with Crippen molar-refractivity contribution in [3.8, 4) is 5.69 Å². The van der Waals surface area contributed by atoms with Crippen molar-refractivity contribution < 1.29 is 4.79 Å². The molecule has 0 bridgehead atoms. The molecule has 0 fully saturated rings. The van der Waals surface area contributed by atoms with Crippen molar-refractivity contribution >= 4 is 29.4 Å². The van der Waals surface area contributed by atoms with Crippen molar-refractivity contribution in [2.75, 3.05) is 6.54 Å². The van der Waals surface area contributed by atoms with Gasteiger partial charge in [0.25, 0.3) is 0 Å². The topological polar surface area (TPSA) is 71.8 Å². The summed E-state index contributed by atoms with van der Waals surface area (Å²) in [7, 11) is 0. The molecule has 1 unspecified atom stereocenters. The Labute approximate surface area is 186 Å². The van der Waals surface area contributed by atoms with Crippen molar-refractivity contribution in [1.82, 2.24) is 25.4 Å². The molecule has 1 atom stereocenters. The molecule has 0 spiro atoms. The molecule has 1 heterocycles. The number of rotatable bonds is 7. The van der Waals surface area contributed by atoms with E-state index in [-0.39, 0.29) is 12.1 Å². The molecule has 0 saturated heterocycles. The van der Waals surface area contributed by atoms with E-state index in [1.807, 2.05) is 43.5 Å². The molecule has 2 N–H and O–H groups in total. The number of carbonyl (C=O) groups is 1. The molecule has 0 saturated carbocycles. The molecule has 30 heavy (non-hydrogen) atoms. The summed E-state index contributed by atoms with van der Waals surface area (Å²) in [5, 5.41) is 15.9. The molecular weight excluding hydrogens is 418 g/mol. The Morgan fingerprint density at radius 2 is 2.00 bits per heavy atom. The van der Waals surface area contributed by atoms with Gasteiger partial charge in [-0.15, -0.1) is 10.2 Å². The molecular formula is C22H26ClN5OS. The van der Waals surface area contributed by atoms with E-state index in [9.17, 15) is 4.79 Å². The Morgan fingerprint density at radius 1 is 1.20 bits per heavy atom. The molecule has 1 aromatic heterocycles. The van der Waals surface area contributed by atoms with Gasteiger partial charge < -0.3 is 10.6 Å². The minimum absolute atomic E-state index is 0.240. The van der Waals surface area contributed by atoms with Gasteiger partial charge in [0.1, 0.15) is 0 Å². The summed E-state index contributed by atoms with van der Waals surface area (Å²) < 4.78 is 1.98. The standard InChI is InChI=1S/C22H26ClN5OS/c1-5-24-21(29)25-16(4)20-26-27-22(30-13-17-8-6-7-14(2)11-17)28(20)19-12-18(23)10-9-15(19)3/h6-12,16H,5,13H2,1-4H3,(H2,24,25,29). The van der Waals surface area contributed by atoms with Crippen LogP contribution < -0.4 is 10.6 Å². The number of benzene rings is 2. The molecule has 0 aliphatic rings. The van der Waals surface area contributed by atoms with Crippen molar-refractivity contribution in [3.63, 3.8) is 0 Å². The number of amides is 2. The van der Waals surface area contributed by atoms with Crippen LogP contribution in [0.2, 0.25) is 5.02 Å². The van der Waals surface area contributed by atoms with Gasteiger partial charge >= 0.3 is 6.03 Å². The second-order valence-corrected chi connectivity index (χ2v) is 8.49. The summed E-state index contributed by atoms with van der Waals surface area (Å²) in [6.07, 6.45) is 0. The Hall–Kier alpha value is -2.51. The molecule has 0 radical (unpaired) electrons. The average Bonchev–Trinajstić information content (AvgIpc) is 3.12. The predicted octanol–water partition coefficient (Wildman–Crippen LogP) is 5.21. The maximum atomic E-state index is 12.0. The molecule has 2 aromatic carbocycles. The molecule has 0 aliphatic carbocycles. The Balaban J connectivity index is 1.97. The average molecular weight is 444 g/mol. The number of nitrogens with one attached hydrogen (secondary N) is 2. The van der Waals surface area contributed by atoms with E-state index in [2.05, 4.69) is 52.0 Å². The maximum absolute atomic E-state index is 12.0. The van der Waals surface area contributed by atoms with E-state index >= 15 is 0 Å². The third kappa shape index (κ3) is 5.34. The van der Waals surface area contributed by atoms with Gasteiger partial charge in [-0.2, -0.15) is 0 Å². The van der Waals surface area contributed by atoms with E-state index in [0.29, 0.717) is 17.4 Å². The highest BCUT2D eigenvalue weighted by Gasteiger charge is 2.22. The number of halogens is 1. The highest BCUT2D eigenvalue weighted by Crippen LogP contribution is 2.30. The summed E-state index contributed by atoms with van der Waals surface area (Å²) in [5.41, 5.74) is 4.38. The Morgan fingerprint density at radius 3 is 2.73 bits per heavy atom. The Kier molecular flexibility index (Phi) is 7.39. The number of thioether (sulfide) groups is 1. The van der Waals surface area contributed by atoms with Crippen LogP contribution in [-0.2, 0) is 5.75 Å². The summed E-state index contributed by atoms with van der Waals surface area (Å²) >= 11 is 7.90. The van der Waals surface area contributed by atoms with Gasteiger partial charge in [-0.1, -0.05) is 59.3 Å². The van der Waals surface area contributed by atoms with Crippen LogP contribution in [0.15, 0.2) is 47.6 Å². The second-order valence-electron chi connectivity index (χ2n) is 7.11. The quantitative estimate of drug-likeness (QED) is 0.491. The van der Waals surface area contributed by atoms with Gasteiger partial charge in [-0.25, -0.2) is 4.79 Å². The normalized spacial score (nSPS) is 11.9. The van der Waals surface area contributed by atoms with Crippen LogP contribution in [0, 0.1) is 13.8 Å². The number of carbonyl (C=O) groups excluding carboxylic acids is 1. The summed E-state index contributed by atoms with van der Waals surface area (Å²) in [5.74, 6) is 1.41. The highest BCUT2D eigenvalue weighted by molar-refractivity contribution is 7.98. The van der Waals surface area contributed by atoms with E-state index in [1.54, 1.807) is 11.8 Å². The van der Waals surface area contributed by atoms with Crippen LogP contribution in [0.25, 0.3) is 5.69 Å². The van der Waals surface area contributed by atoms with Crippen molar-refractivity contribution in [2.45, 2.75) is 44.6 Å². The van der Waals surface area contributed by atoms with Crippen LogP contribution >= 0.6 is 23.4 Å². The first-order valence-electron chi connectivity index (χ1n) is 9.83. The number of aryl methyl sites for hydroxylation is 2. The first kappa shape index (κ1) is 22.2. The number of urea groups is 1. The minimum Gasteiger partial charge on any atom is -0.338 e. The second kappa shape index (κ2) is 10.00. The Bertz CT molecular complexity index is 1040. The lowest BCUT2D eigenvalue weighted by Gasteiger charge is -2.18. The molecule has 158 valence electrons. The third-order valence-corrected chi connectivity index (χ3v) is 5.83. The fourth-order valence-corrected chi connectivity index (χ4v) is 4.19. The first-order valence-corrected chi connectivity index (χ1v) is 11.2. The van der Waals surface area contributed by atoms with E-state index < -0.39 is 0 Å². The first-order chi connectivity index (χ1) is 14.4. The van der Waals surface area contributed by atoms with Crippen LogP contribution in [-0.4, -0.2) is 27.3 Å². The monoisotopic (exact) mass is 443 g/mol. The zero-order chi connectivity index (χ0) is 21.7. The zero-order valence-electron chi connectivity index (χ0n) is 17.6. The number of aromatic nitrogens is 3. The maximum Gasteiger partial charge on any atom is 0.315 e. The highest BCUT2D eigenvalue weighted by atomic mass is 35.5. The number of hydrogen-bond donors (Lipinski definition) is 2. The molecule has 3 aromatic rings. The summed E-state index contributed by atoms with van der Waals surface area (Å²) in [4.78, 5) is 12.0. The molecule has 6 nitrogen and oxygen atoms in total. The minimum atomic E-state index is -0.337. The van der Waals surface area contributed by atoms with Gasteiger partial charge in [-0.3, -0.25) is 4.57 Å². The van der Waals surface area contributed by atoms with Gasteiger partial charge in [0.2, 0.25) is 0 Å². The predicted molar refractivity (Wildman–Crippen MR) is 122 cm³/mol. The smallest absolute Gasteiger partial charge is 0.315 e. The van der Waals surface area contributed by atoms with Gasteiger partial charge in [0, 0.05) is 17.3 Å². The van der Waals surface area contributed by atoms with Crippen molar-refractivity contribution in [1.29, 1.82) is 0 Å². The molecule has 0 aliphatic heterocycles. The third-order valence-electron chi connectivity index (χ3n) is 4.59. The van der Waals surface area contributed by atoms with E-state index in [0.717, 1.165) is 22.2 Å².